The molecule has 3 heteroatoms. The third-order valence-corrected chi connectivity index (χ3v) is 5.74. The van der Waals surface area contributed by atoms with Crippen molar-refractivity contribution in [3.8, 4) is 6.07 Å². The lowest BCUT2D eigenvalue weighted by atomic mass is 9.90. The summed E-state index contributed by atoms with van der Waals surface area (Å²) in [6.45, 7) is 2.25. The van der Waals surface area contributed by atoms with Crippen LogP contribution in [-0.2, 0) is 0 Å². The normalized spacial score (nSPS) is 16.5. The Morgan fingerprint density at radius 3 is 1.90 bits per heavy atom. The molecule has 0 aliphatic carbocycles. The quantitative estimate of drug-likeness (QED) is 0.574. The first-order valence-corrected chi connectivity index (χ1v) is 10.5. The van der Waals surface area contributed by atoms with Gasteiger partial charge in [0.15, 0.2) is 0 Å². The second kappa shape index (κ2) is 9.41. The topological polar surface area (TPSA) is 39.1 Å². The molecule has 4 rings (SSSR count). The molecule has 1 heterocycles. The molecule has 3 aromatic rings. The molecule has 0 amide bonds. The molecule has 3 aromatic carbocycles. The van der Waals surface area contributed by atoms with Crippen LogP contribution in [0.15, 0.2) is 84.9 Å². The molecule has 1 fully saturated rings. The molecule has 0 aromatic heterocycles. The molecule has 0 radical (unpaired) electrons. The summed E-state index contributed by atoms with van der Waals surface area (Å²) in [6, 6.07) is 31.9. The van der Waals surface area contributed by atoms with Crippen LogP contribution >= 0.6 is 0 Å². The Morgan fingerprint density at radius 1 is 0.724 bits per heavy atom. The number of nitrogens with one attached hydrogen (secondary N) is 1. The van der Waals surface area contributed by atoms with Gasteiger partial charge in [-0.2, -0.15) is 5.26 Å². The van der Waals surface area contributed by atoms with E-state index in [2.05, 4.69) is 76.9 Å². The van der Waals surface area contributed by atoms with Gasteiger partial charge in [0.05, 0.1) is 23.7 Å². The number of nitriles is 1. The summed E-state index contributed by atoms with van der Waals surface area (Å²) in [5.74, 6) is 0. The van der Waals surface area contributed by atoms with Crippen molar-refractivity contribution in [2.24, 2.45) is 0 Å². The average Bonchev–Trinajstić information content (AvgIpc) is 2.81. The summed E-state index contributed by atoms with van der Waals surface area (Å²) in [5.41, 5.74) is 4.33. The fraction of sp³-hybridized carbons (Fsp3) is 0.269. The van der Waals surface area contributed by atoms with Crippen LogP contribution in [0, 0.1) is 11.3 Å². The summed E-state index contributed by atoms with van der Waals surface area (Å²) in [5, 5.41) is 12.9. The minimum Gasteiger partial charge on any atom is -0.376 e. The maximum Gasteiger partial charge on any atom is 0.0991 e. The average molecular weight is 382 g/mol. The van der Waals surface area contributed by atoms with E-state index in [1.807, 2.05) is 24.3 Å². The first-order chi connectivity index (χ1) is 14.3. The van der Waals surface area contributed by atoms with Crippen molar-refractivity contribution in [3.05, 3.63) is 102 Å². The lowest BCUT2D eigenvalue weighted by Crippen LogP contribution is -2.39. The minimum absolute atomic E-state index is 0.115. The molecular weight excluding hydrogens is 354 g/mol. The van der Waals surface area contributed by atoms with E-state index in [4.69, 9.17) is 5.26 Å². The van der Waals surface area contributed by atoms with E-state index in [9.17, 15) is 0 Å². The zero-order valence-corrected chi connectivity index (χ0v) is 16.7. The smallest absolute Gasteiger partial charge is 0.0991 e. The number of anilines is 1. The fourth-order valence-corrected chi connectivity index (χ4v) is 4.29. The number of hydrogen-bond donors (Lipinski definition) is 1. The van der Waals surface area contributed by atoms with Crippen molar-refractivity contribution < 1.29 is 0 Å². The molecule has 146 valence electrons. The largest absolute Gasteiger partial charge is 0.376 e. The zero-order chi connectivity index (χ0) is 19.9. The molecule has 1 saturated heterocycles. The summed E-state index contributed by atoms with van der Waals surface area (Å²) < 4.78 is 0. The molecule has 2 atom stereocenters. The Kier molecular flexibility index (Phi) is 6.24. The number of rotatable bonds is 6. The van der Waals surface area contributed by atoms with Gasteiger partial charge in [-0.05, 0) is 61.3 Å². The molecule has 1 N–H and O–H groups in total. The van der Waals surface area contributed by atoms with Gasteiger partial charge in [0.1, 0.15) is 0 Å². The van der Waals surface area contributed by atoms with E-state index in [1.54, 1.807) is 0 Å². The van der Waals surface area contributed by atoms with Gasteiger partial charge in [-0.3, -0.25) is 4.90 Å². The minimum atomic E-state index is 0.115. The molecule has 0 unspecified atom stereocenters. The van der Waals surface area contributed by atoms with Gasteiger partial charge >= 0.3 is 0 Å². The van der Waals surface area contributed by atoms with E-state index < -0.39 is 0 Å². The molecule has 0 spiro atoms. The molecule has 3 nitrogen and oxygen atoms in total. The van der Waals surface area contributed by atoms with Crippen LogP contribution in [0.1, 0.15) is 48.0 Å². The number of nitrogens with zero attached hydrogens (tertiary/aromatic N) is 2. The number of piperidine rings is 1. The van der Waals surface area contributed by atoms with Crippen LogP contribution in [0.25, 0.3) is 0 Å². The predicted octanol–water partition coefficient (Wildman–Crippen LogP) is 5.94. The van der Waals surface area contributed by atoms with Crippen LogP contribution in [0.2, 0.25) is 0 Å². The third kappa shape index (κ3) is 4.67. The highest BCUT2D eigenvalue weighted by molar-refractivity contribution is 5.50. The van der Waals surface area contributed by atoms with E-state index >= 15 is 0 Å². The van der Waals surface area contributed by atoms with Crippen molar-refractivity contribution in [2.75, 3.05) is 18.4 Å². The van der Waals surface area contributed by atoms with Crippen LogP contribution in [-0.4, -0.2) is 18.0 Å². The molecular formula is C26H27N3. The van der Waals surface area contributed by atoms with Crippen molar-refractivity contribution in [1.82, 2.24) is 4.90 Å². The van der Waals surface area contributed by atoms with E-state index in [1.165, 1.54) is 30.4 Å². The Bertz CT molecular complexity index is 923. The van der Waals surface area contributed by atoms with Gasteiger partial charge in [0, 0.05) is 5.69 Å². The van der Waals surface area contributed by atoms with Gasteiger partial charge in [-0.15, -0.1) is 0 Å². The second-order valence-electron chi connectivity index (χ2n) is 7.67. The van der Waals surface area contributed by atoms with Crippen molar-refractivity contribution >= 4 is 5.69 Å². The summed E-state index contributed by atoms with van der Waals surface area (Å²) in [6.07, 6.45) is 3.82. The SMILES string of the molecule is N#Cc1ccc(N[C@@H](c2ccccc2)[C@H](c2ccccc2)N2CCCCC2)cc1. The first kappa shape index (κ1) is 19.2. The van der Waals surface area contributed by atoms with Crippen molar-refractivity contribution in [1.29, 1.82) is 5.26 Å². The maximum absolute atomic E-state index is 9.12. The van der Waals surface area contributed by atoms with Crippen molar-refractivity contribution in [2.45, 2.75) is 31.3 Å². The van der Waals surface area contributed by atoms with Gasteiger partial charge in [-0.1, -0.05) is 67.1 Å². The van der Waals surface area contributed by atoms with Crippen LogP contribution in [0.5, 0.6) is 0 Å². The number of benzene rings is 3. The van der Waals surface area contributed by atoms with Crippen LogP contribution in [0.3, 0.4) is 0 Å². The highest BCUT2D eigenvalue weighted by Crippen LogP contribution is 2.38. The zero-order valence-electron chi connectivity index (χ0n) is 16.7. The lowest BCUT2D eigenvalue weighted by molar-refractivity contribution is 0.147. The monoisotopic (exact) mass is 381 g/mol. The third-order valence-electron chi connectivity index (χ3n) is 5.74. The highest BCUT2D eigenvalue weighted by atomic mass is 15.2. The fourth-order valence-electron chi connectivity index (χ4n) is 4.29. The van der Waals surface area contributed by atoms with Crippen molar-refractivity contribution in [3.63, 3.8) is 0 Å². The van der Waals surface area contributed by atoms with Gasteiger partial charge in [-0.25, -0.2) is 0 Å². The Balaban J connectivity index is 1.74. The lowest BCUT2D eigenvalue weighted by Gasteiger charge is -2.40. The van der Waals surface area contributed by atoms with Crippen LogP contribution < -0.4 is 5.32 Å². The Hall–Kier alpha value is -3.09. The molecule has 29 heavy (non-hydrogen) atoms. The van der Waals surface area contributed by atoms with E-state index in [-0.39, 0.29) is 12.1 Å². The summed E-state index contributed by atoms with van der Waals surface area (Å²) in [4.78, 5) is 2.63. The molecule has 0 bridgehead atoms. The molecule has 1 aliphatic heterocycles. The maximum atomic E-state index is 9.12. The van der Waals surface area contributed by atoms with Crippen LogP contribution in [0.4, 0.5) is 5.69 Å². The number of hydrogen-bond acceptors (Lipinski definition) is 3. The number of likely N-dealkylation sites (tertiary alicyclic amines) is 1. The Labute approximate surface area is 173 Å². The van der Waals surface area contributed by atoms with E-state index in [0.29, 0.717) is 5.56 Å². The second-order valence-corrected chi connectivity index (χ2v) is 7.67. The molecule has 1 aliphatic rings. The van der Waals surface area contributed by atoms with Gasteiger partial charge in [0.25, 0.3) is 0 Å². The summed E-state index contributed by atoms with van der Waals surface area (Å²) in [7, 11) is 0. The highest BCUT2D eigenvalue weighted by Gasteiger charge is 2.31. The predicted molar refractivity (Wildman–Crippen MR) is 119 cm³/mol. The Morgan fingerprint density at radius 2 is 1.31 bits per heavy atom. The molecule has 0 saturated carbocycles. The van der Waals surface area contributed by atoms with E-state index in [0.717, 1.165) is 18.8 Å². The first-order valence-electron chi connectivity index (χ1n) is 10.5. The van der Waals surface area contributed by atoms with Gasteiger partial charge in [0.2, 0.25) is 0 Å². The summed E-state index contributed by atoms with van der Waals surface area (Å²) >= 11 is 0. The van der Waals surface area contributed by atoms with Gasteiger partial charge < -0.3 is 5.32 Å². The standard InChI is InChI=1S/C26H27N3/c27-20-21-14-16-24(17-15-21)28-25(22-10-4-1-5-11-22)26(23-12-6-2-7-13-23)29-18-8-3-9-19-29/h1-2,4-7,10-17,25-26,28H,3,8-9,18-19H2/t25-,26-/m0/s1.